The second-order valence-corrected chi connectivity index (χ2v) is 4.91. The van der Waals surface area contributed by atoms with Crippen LogP contribution in [0.25, 0.3) is 0 Å². The van der Waals surface area contributed by atoms with Gasteiger partial charge in [0.1, 0.15) is 0 Å². The van der Waals surface area contributed by atoms with Crippen LogP contribution in [-0.2, 0) is 0 Å². The van der Waals surface area contributed by atoms with Gasteiger partial charge in [-0.2, -0.15) is 0 Å². The maximum absolute atomic E-state index is 5.54. The van der Waals surface area contributed by atoms with E-state index in [2.05, 4.69) is 28.8 Å². The van der Waals surface area contributed by atoms with E-state index in [1.54, 1.807) is 11.3 Å². The van der Waals surface area contributed by atoms with Crippen LogP contribution in [0.3, 0.4) is 0 Å². The predicted molar refractivity (Wildman–Crippen MR) is 65.2 cm³/mol. The zero-order valence-electron chi connectivity index (χ0n) is 8.99. The fourth-order valence-electron chi connectivity index (χ4n) is 1.99. The van der Waals surface area contributed by atoms with Crippen LogP contribution >= 0.6 is 11.3 Å². The second-order valence-electron chi connectivity index (χ2n) is 3.99. The van der Waals surface area contributed by atoms with Crippen molar-refractivity contribution >= 4 is 17.2 Å². The smallest absolute Gasteiger partial charge is 0.153 e. The number of hydrazine groups is 1. The Bertz CT molecular complexity index is 350. The van der Waals surface area contributed by atoms with E-state index in [1.807, 2.05) is 0 Å². The van der Waals surface area contributed by atoms with E-state index in [0.29, 0.717) is 6.04 Å². The van der Waals surface area contributed by atoms with Crippen LogP contribution in [0.2, 0.25) is 0 Å². The maximum atomic E-state index is 5.54. The SMILES string of the molecule is Cc1ccsc1C(=NC1CCCC1)NN. The zero-order chi connectivity index (χ0) is 10.7. The highest BCUT2D eigenvalue weighted by molar-refractivity contribution is 7.12. The number of hydrogen-bond acceptors (Lipinski definition) is 3. The van der Waals surface area contributed by atoms with Crippen molar-refractivity contribution in [1.82, 2.24) is 5.43 Å². The molecular formula is C11H17N3S. The number of nitrogens with zero attached hydrogens (tertiary/aromatic N) is 1. The quantitative estimate of drug-likeness (QED) is 0.349. The molecule has 3 N–H and O–H groups in total. The monoisotopic (exact) mass is 223 g/mol. The summed E-state index contributed by atoms with van der Waals surface area (Å²) in [6.07, 6.45) is 5.01. The van der Waals surface area contributed by atoms with Crippen molar-refractivity contribution in [2.24, 2.45) is 10.8 Å². The van der Waals surface area contributed by atoms with E-state index >= 15 is 0 Å². The molecule has 1 aliphatic carbocycles. The molecule has 2 rings (SSSR count). The van der Waals surface area contributed by atoms with Gasteiger partial charge in [0.05, 0.1) is 10.9 Å². The van der Waals surface area contributed by atoms with E-state index in [9.17, 15) is 0 Å². The van der Waals surface area contributed by atoms with Gasteiger partial charge in [-0.1, -0.05) is 12.8 Å². The van der Waals surface area contributed by atoms with Gasteiger partial charge in [-0.05, 0) is 36.8 Å². The lowest BCUT2D eigenvalue weighted by Gasteiger charge is -2.08. The number of hydrogen-bond donors (Lipinski definition) is 2. The molecule has 1 aromatic heterocycles. The number of thiophene rings is 1. The normalized spacial score (nSPS) is 18.4. The van der Waals surface area contributed by atoms with Crippen molar-refractivity contribution < 1.29 is 0 Å². The molecule has 1 fully saturated rings. The molecular weight excluding hydrogens is 206 g/mol. The number of amidine groups is 1. The minimum absolute atomic E-state index is 0.470. The summed E-state index contributed by atoms with van der Waals surface area (Å²) in [5, 5.41) is 2.08. The van der Waals surface area contributed by atoms with Crippen LogP contribution in [0.4, 0.5) is 0 Å². The summed E-state index contributed by atoms with van der Waals surface area (Å²) in [4.78, 5) is 5.86. The molecule has 4 heteroatoms. The molecule has 3 nitrogen and oxygen atoms in total. The van der Waals surface area contributed by atoms with Gasteiger partial charge in [-0.3, -0.25) is 4.99 Å². The molecule has 82 valence electrons. The Morgan fingerprint density at radius 2 is 2.27 bits per heavy atom. The van der Waals surface area contributed by atoms with Crippen molar-refractivity contribution in [3.63, 3.8) is 0 Å². The van der Waals surface area contributed by atoms with Crippen LogP contribution in [0, 0.1) is 6.92 Å². The highest BCUT2D eigenvalue weighted by Crippen LogP contribution is 2.23. The van der Waals surface area contributed by atoms with Gasteiger partial charge in [-0.25, -0.2) is 5.84 Å². The summed E-state index contributed by atoms with van der Waals surface area (Å²) in [5.41, 5.74) is 3.98. The van der Waals surface area contributed by atoms with Gasteiger partial charge in [0, 0.05) is 0 Å². The van der Waals surface area contributed by atoms with E-state index in [-0.39, 0.29) is 0 Å². The highest BCUT2D eigenvalue weighted by atomic mass is 32.1. The minimum Gasteiger partial charge on any atom is -0.308 e. The van der Waals surface area contributed by atoms with Crippen molar-refractivity contribution in [1.29, 1.82) is 0 Å². The summed E-state index contributed by atoms with van der Waals surface area (Å²) in [6, 6.07) is 2.57. The lowest BCUT2D eigenvalue weighted by atomic mass is 10.2. The van der Waals surface area contributed by atoms with E-state index in [1.165, 1.54) is 36.1 Å². The summed E-state index contributed by atoms with van der Waals surface area (Å²) in [6.45, 7) is 2.09. The molecule has 1 aliphatic rings. The molecule has 0 spiro atoms. The molecule has 15 heavy (non-hydrogen) atoms. The Morgan fingerprint density at radius 1 is 1.53 bits per heavy atom. The molecule has 0 saturated heterocycles. The van der Waals surface area contributed by atoms with Crippen molar-refractivity contribution in [2.45, 2.75) is 38.6 Å². The Hall–Kier alpha value is -0.870. The molecule has 0 amide bonds. The van der Waals surface area contributed by atoms with Crippen LogP contribution in [0.1, 0.15) is 36.1 Å². The van der Waals surface area contributed by atoms with E-state index < -0.39 is 0 Å². The minimum atomic E-state index is 0.470. The summed E-state index contributed by atoms with van der Waals surface area (Å²) in [5.74, 6) is 6.39. The lowest BCUT2D eigenvalue weighted by Crippen LogP contribution is -2.32. The Kier molecular flexibility index (Phi) is 3.38. The van der Waals surface area contributed by atoms with Gasteiger partial charge in [0.2, 0.25) is 0 Å². The maximum Gasteiger partial charge on any atom is 0.153 e. The van der Waals surface area contributed by atoms with Crippen LogP contribution in [0.15, 0.2) is 16.4 Å². The largest absolute Gasteiger partial charge is 0.308 e. The van der Waals surface area contributed by atoms with Crippen molar-refractivity contribution in [3.05, 3.63) is 21.9 Å². The molecule has 0 aliphatic heterocycles. The van der Waals surface area contributed by atoms with Gasteiger partial charge < -0.3 is 5.43 Å². The van der Waals surface area contributed by atoms with Crippen molar-refractivity contribution in [3.8, 4) is 0 Å². The van der Waals surface area contributed by atoms with Crippen molar-refractivity contribution in [2.75, 3.05) is 0 Å². The highest BCUT2D eigenvalue weighted by Gasteiger charge is 2.16. The summed E-state index contributed by atoms with van der Waals surface area (Å²) >= 11 is 1.69. The second kappa shape index (κ2) is 4.77. The Labute approximate surface area is 94.4 Å². The lowest BCUT2D eigenvalue weighted by molar-refractivity contribution is 0.701. The third-order valence-electron chi connectivity index (χ3n) is 2.85. The van der Waals surface area contributed by atoms with Gasteiger partial charge in [0.25, 0.3) is 0 Å². The first-order valence-corrected chi connectivity index (χ1v) is 6.28. The third-order valence-corrected chi connectivity index (χ3v) is 3.87. The summed E-state index contributed by atoms with van der Waals surface area (Å²) in [7, 11) is 0. The van der Waals surface area contributed by atoms with E-state index in [0.717, 1.165) is 5.84 Å². The fraction of sp³-hybridized carbons (Fsp3) is 0.545. The Morgan fingerprint density at radius 3 is 2.80 bits per heavy atom. The van der Waals surface area contributed by atoms with E-state index in [4.69, 9.17) is 5.84 Å². The first kappa shape index (κ1) is 10.6. The number of rotatable bonds is 2. The average molecular weight is 223 g/mol. The Balaban J connectivity index is 2.19. The molecule has 1 aromatic rings. The molecule has 0 atom stereocenters. The molecule has 1 saturated carbocycles. The van der Waals surface area contributed by atoms with Gasteiger partial charge in [0.15, 0.2) is 5.84 Å². The number of aliphatic imine (C=N–C) groups is 1. The van der Waals surface area contributed by atoms with Crippen LogP contribution in [-0.4, -0.2) is 11.9 Å². The third kappa shape index (κ3) is 2.38. The molecule has 0 unspecified atom stereocenters. The first-order chi connectivity index (χ1) is 7.31. The molecule has 0 radical (unpaired) electrons. The number of nitrogens with two attached hydrogens (primary N) is 1. The molecule has 0 bridgehead atoms. The average Bonchev–Trinajstić information content (AvgIpc) is 2.85. The zero-order valence-corrected chi connectivity index (χ0v) is 9.81. The topological polar surface area (TPSA) is 50.4 Å². The fourth-order valence-corrected chi connectivity index (χ4v) is 2.88. The summed E-state index contributed by atoms with van der Waals surface area (Å²) < 4.78 is 0. The number of aryl methyl sites for hydroxylation is 1. The molecule has 0 aromatic carbocycles. The van der Waals surface area contributed by atoms with Crippen LogP contribution in [0.5, 0.6) is 0 Å². The predicted octanol–water partition coefficient (Wildman–Crippen LogP) is 2.21. The molecule has 1 heterocycles. The number of nitrogens with one attached hydrogen (secondary N) is 1. The van der Waals surface area contributed by atoms with Crippen LogP contribution < -0.4 is 11.3 Å². The standard InChI is InChI=1S/C11H17N3S/c1-8-6-7-15-10(8)11(14-12)13-9-4-2-3-5-9/h6-7,9H,2-5,12H2,1H3,(H,13,14). The first-order valence-electron chi connectivity index (χ1n) is 5.40. The van der Waals surface area contributed by atoms with Gasteiger partial charge >= 0.3 is 0 Å². The van der Waals surface area contributed by atoms with Gasteiger partial charge in [-0.15, -0.1) is 11.3 Å².